The molecule has 1 saturated carbocycles. The van der Waals surface area contributed by atoms with Gasteiger partial charge in [0.25, 0.3) is 0 Å². The Morgan fingerprint density at radius 2 is 1.82 bits per heavy atom. The Bertz CT molecular complexity index is 484. The number of fused-ring (bicyclic) bond motifs is 1. The number of aryl methyl sites for hydroxylation is 1. The summed E-state index contributed by atoms with van der Waals surface area (Å²) in [5.74, 6) is 0. The van der Waals surface area contributed by atoms with E-state index in [4.69, 9.17) is 0 Å². The van der Waals surface area contributed by atoms with Crippen molar-refractivity contribution >= 4 is 0 Å². The third-order valence-electron chi connectivity index (χ3n) is 4.72. The summed E-state index contributed by atoms with van der Waals surface area (Å²) in [5.41, 5.74) is 1.29. The van der Waals surface area contributed by atoms with Crippen LogP contribution in [0.15, 0.2) is 24.3 Å². The molecule has 0 saturated heterocycles. The van der Waals surface area contributed by atoms with Crippen LogP contribution in [-0.2, 0) is 12.8 Å². The van der Waals surface area contributed by atoms with Gasteiger partial charge >= 0.3 is 0 Å². The number of benzene rings is 1. The van der Waals surface area contributed by atoms with Gasteiger partial charge in [-0.1, -0.05) is 30.7 Å². The zero-order valence-electron chi connectivity index (χ0n) is 9.95. The molecular weight excluding hydrogens is 210 g/mol. The fourth-order valence-electron chi connectivity index (χ4n) is 3.34. The highest BCUT2D eigenvalue weighted by atomic mass is 16.3. The lowest BCUT2D eigenvalue weighted by atomic mass is 9.55. The lowest BCUT2D eigenvalue weighted by Gasteiger charge is -2.50. The first-order chi connectivity index (χ1) is 8.19. The minimum Gasteiger partial charge on any atom is -0.388 e. The lowest BCUT2D eigenvalue weighted by molar-refractivity contribution is -0.102. The van der Waals surface area contributed by atoms with Crippen molar-refractivity contribution in [2.45, 2.75) is 44.1 Å². The number of rotatable bonds is 1. The molecule has 2 heteroatoms. The standard InChI is InChI=1S/C15H17NO/c16-11-14(7-3-8-14)15(17)9-6-12-4-1-2-5-13(12)10-15/h1-2,4-5,17H,3,6-10H2. The van der Waals surface area contributed by atoms with Crippen LogP contribution in [0.2, 0.25) is 0 Å². The Morgan fingerprint density at radius 3 is 2.41 bits per heavy atom. The molecule has 1 aromatic rings. The van der Waals surface area contributed by atoms with E-state index in [-0.39, 0.29) is 0 Å². The van der Waals surface area contributed by atoms with Gasteiger partial charge in [-0.2, -0.15) is 5.26 Å². The largest absolute Gasteiger partial charge is 0.388 e. The fourth-order valence-corrected chi connectivity index (χ4v) is 3.34. The normalized spacial score (nSPS) is 29.9. The van der Waals surface area contributed by atoms with Gasteiger partial charge in [-0.05, 0) is 36.8 Å². The SMILES string of the molecule is N#CC1(C2(O)CCc3ccccc3C2)CCC1. The van der Waals surface area contributed by atoms with Crippen molar-refractivity contribution in [2.75, 3.05) is 0 Å². The second kappa shape index (κ2) is 3.58. The molecule has 2 aliphatic rings. The van der Waals surface area contributed by atoms with Crippen LogP contribution < -0.4 is 0 Å². The van der Waals surface area contributed by atoms with Crippen molar-refractivity contribution in [3.63, 3.8) is 0 Å². The molecule has 17 heavy (non-hydrogen) atoms. The number of hydrogen-bond donors (Lipinski definition) is 1. The van der Waals surface area contributed by atoms with E-state index in [0.717, 1.165) is 32.1 Å². The minimum atomic E-state index is -0.797. The molecule has 1 fully saturated rings. The van der Waals surface area contributed by atoms with E-state index in [2.05, 4.69) is 18.2 Å². The van der Waals surface area contributed by atoms with Gasteiger partial charge in [-0.15, -0.1) is 0 Å². The second-order valence-corrected chi connectivity index (χ2v) is 5.52. The molecule has 0 heterocycles. The number of aliphatic hydroxyl groups is 1. The van der Waals surface area contributed by atoms with Crippen molar-refractivity contribution in [1.29, 1.82) is 5.26 Å². The van der Waals surface area contributed by atoms with Gasteiger partial charge in [0.2, 0.25) is 0 Å². The van der Waals surface area contributed by atoms with Crippen LogP contribution in [0.5, 0.6) is 0 Å². The highest BCUT2D eigenvalue weighted by molar-refractivity contribution is 5.34. The molecule has 1 N–H and O–H groups in total. The summed E-state index contributed by atoms with van der Waals surface area (Å²) in [6, 6.07) is 10.7. The molecule has 0 radical (unpaired) electrons. The summed E-state index contributed by atoms with van der Waals surface area (Å²) in [6.07, 6.45) is 5.09. The second-order valence-electron chi connectivity index (χ2n) is 5.52. The minimum absolute atomic E-state index is 0.472. The number of hydrogen-bond acceptors (Lipinski definition) is 2. The predicted molar refractivity (Wildman–Crippen MR) is 65.3 cm³/mol. The van der Waals surface area contributed by atoms with Gasteiger partial charge in [0.15, 0.2) is 0 Å². The van der Waals surface area contributed by atoms with Crippen LogP contribution >= 0.6 is 0 Å². The molecule has 1 aromatic carbocycles. The molecule has 0 aromatic heterocycles. The zero-order chi connectivity index (χ0) is 11.9. The Hall–Kier alpha value is -1.33. The maximum Gasteiger partial charge on any atom is 0.0876 e. The summed E-state index contributed by atoms with van der Waals surface area (Å²) in [4.78, 5) is 0. The van der Waals surface area contributed by atoms with E-state index in [1.165, 1.54) is 11.1 Å². The van der Waals surface area contributed by atoms with Crippen molar-refractivity contribution < 1.29 is 5.11 Å². The van der Waals surface area contributed by atoms with Crippen LogP contribution in [0.25, 0.3) is 0 Å². The van der Waals surface area contributed by atoms with Crippen molar-refractivity contribution in [3.05, 3.63) is 35.4 Å². The Labute approximate surface area is 102 Å². The summed E-state index contributed by atoms with van der Waals surface area (Å²) in [5, 5.41) is 20.3. The average molecular weight is 227 g/mol. The fraction of sp³-hybridized carbons (Fsp3) is 0.533. The molecule has 1 unspecified atom stereocenters. The molecule has 0 spiro atoms. The summed E-state index contributed by atoms with van der Waals surface area (Å²) in [6.45, 7) is 0. The third-order valence-corrected chi connectivity index (χ3v) is 4.72. The summed E-state index contributed by atoms with van der Waals surface area (Å²) >= 11 is 0. The first-order valence-electron chi connectivity index (χ1n) is 6.40. The summed E-state index contributed by atoms with van der Waals surface area (Å²) < 4.78 is 0. The Balaban J connectivity index is 1.95. The van der Waals surface area contributed by atoms with Crippen LogP contribution in [-0.4, -0.2) is 10.7 Å². The van der Waals surface area contributed by atoms with Crippen LogP contribution in [0.3, 0.4) is 0 Å². The summed E-state index contributed by atoms with van der Waals surface area (Å²) in [7, 11) is 0. The van der Waals surface area contributed by atoms with E-state index in [1.54, 1.807) is 0 Å². The Morgan fingerprint density at radius 1 is 1.12 bits per heavy atom. The van der Waals surface area contributed by atoms with Gasteiger partial charge in [-0.3, -0.25) is 0 Å². The lowest BCUT2D eigenvalue weighted by Crippen LogP contribution is -2.54. The van der Waals surface area contributed by atoms with Crippen molar-refractivity contribution in [2.24, 2.45) is 5.41 Å². The van der Waals surface area contributed by atoms with Crippen LogP contribution in [0.1, 0.15) is 36.8 Å². The highest BCUT2D eigenvalue weighted by Gasteiger charge is 2.55. The van der Waals surface area contributed by atoms with Gasteiger partial charge in [0.05, 0.1) is 17.1 Å². The van der Waals surface area contributed by atoms with E-state index >= 15 is 0 Å². The van der Waals surface area contributed by atoms with Crippen molar-refractivity contribution in [3.8, 4) is 6.07 Å². The van der Waals surface area contributed by atoms with Crippen LogP contribution in [0, 0.1) is 16.7 Å². The first kappa shape index (κ1) is 10.8. The molecule has 0 aliphatic heterocycles. The van der Waals surface area contributed by atoms with E-state index in [0.29, 0.717) is 6.42 Å². The van der Waals surface area contributed by atoms with Gasteiger partial charge in [0.1, 0.15) is 0 Å². The molecule has 1 atom stereocenters. The smallest absolute Gasteiger partial charge is 0.0876 e. The Kier molecular flexibility index (Phi) is 2.27. The van der Waals surface area contributed by atoms with E-state index in [9.17, 15) is 10.4 Å². The molecule has 2 aliphatic carbocycles. The monoisotopic (exact) mass is 227 g/mol. The number of nitrogens with zero attached hydrogens (tertiary/aromatic N) is 1. The maximum absolute atomic E-state index is 10.9. The zero-order valence-corrected chi connectivity index (χ0v) is 9.95. The van der Waals surface area contributed by atoms with Crippen LogP contribution in [0.4, 0.5) is 0 Å². The molecule has 88 valence electrons. The van der Waals surface area contributed by atoms with Gasteiger partial charge < -0.3 is 5.11 Å². The molecule has 0 bridgehead atoms. The molecule has 0 amide bonds. The average Bonchev–Trinajstić information content (AvgIpc) is 2.28. The molecule has 2 nitrogen and oxygen atoms in total. The van der Waals surface area contributed by atoms with Crippen molar-refractivity contribution in [1.82, 2.24) is 0 Å². The number of nitriles is 1. The maximum atomic E-state index is 10.9. The van der Waals surface area contributed by atoms with E-state index < -0.39 is 11.0 Å². The highest BCUT2D eigenvalue weighted by Crippen LogP contribution is 2.53. The van der Waals surface area contributed by atoms with E-state index in [1.807, 2.05) is 12.1 Å². The predicted octanol–water partition coefficient (Wildman–Crippen LogP) is 2.60. The quantitative estimate of drug-likeness (QED) is 0.801. The topological polar surface area (TPSA) is 44.0 Å². The molecule has 3 rings (SSSR count). The first-order valence-corrected chi connectivity index (χ1v) is 6.40. The molecular formula is C15H17NO. The van der Waals surface area contributed by atoms with Gasteiger partial charge in [-0.25, -0.2) is 0 Å². The third kappa shape index (κ3) is 1.42. The van der Waals surface area contributed by atoms with Gasteiger partial charge in [0, 0.05) is 6.42 Å².